The van der Waals surface area contributed by atoms with Crippen molar-refractivity contribution < 1.29 is 9.90 Å². The fourth-order valence-corrected chi connectivity index (χ4v) is 8.60. The summed E-state index contributed by atoms with van der Waals surface area (Å²) in [6.07, 6.45) is 15.0. The Kier molecular flexibility index (Phi) is 6.30. The maximum absolute atomic E-state index is 13.4. The number of aliphatic hydroxyl groups excluding tert-OH is 1. The molecule has 4 aliphatic carbocycles. The highest BCUT2D eigenvalue weighted by molar-refractivity contribution is 5.94. The SMILES string of the molecule is CCC(CCCC1CC[C@H]2C3C(=O)C=C4CC(O)CCC4(C)C3CCC12C)C(C)C. The molecule has 4 rings (SSSR count). The zero-order valence-corrected chi connectivity index (χ0v) is 20.3. The summed E-state index contributed by atoms with van der Waals surface area (Å²) >= 11 is 0. The Bertz CT molecular complexity index is 678. The molecule has 0 aromatic heterocycles. The molecule has 7 unspecified atom stereocenters. The lowest BCUT2D eigenvalue weighted by Gasteiger charge is -2.57. The molecule has 1 N–H and O–H groups in total. The number of carbonyl (C=O) groups excluding carboxylic acids is 1. The topological polar surface area (TPSA) is 37.3 Å². The Hall–Kier alpha value is -0.630. The molecule has 4 aliphatic rings. The predicted molar refractivity (Wildman–Crippen MR) is 124 cm³/mol. The molecule has 3 saturated carbocycles. The van der Waals surface area contributed by atoms with Gasteiger partial charge in [0.2, 0.25) is 0 Å². The minimum absolute atomic E-state index is 0.156. The smallest absolute Gasteiger partial charge is 0.159 e. The van der Waals surface area contributed by atoms with E-state index in [9.17, 15) is 9.90 Å². The summed E-state index contributed by atoms with van der Waals surface area (Å²) in [5, 5.41) is 10.2. The Morgan fingerprint density at radius 3 is 2.57 bits per heavy atom. The summed E-state index contributed by atoms with van der Waals surface area (Å²) in [4.78, 5) is 13.4. The van der Waals surface area contributed by atoms with Gasteiger partial charge in [0, 0.05) is 5.92 Å². The highest BCUT2D eigenvalue weighted by Crippen LogP contribution is 2.66. The summed E-state index contributed by atoms with van der Waals surface area (Å²) in [5.74, 6) is 4.24. The highest BCUT2D eigenvalue weighted by Gasteiger charge is 2.60. The first-order chi connectivity index (χ1) is 14.2. The van der Waals surface area contributed by atoms with E-state index in [1.807, 2.05) is 6.08 Å². The van der Waals surface area contributed by atoms with Crippen LogP contribution in [0, 0.1) is 46.3 Å². The Morgan fingerprint density at radius 1 is 1.10 bits per heavy atom. The van der Waals surface area contributed by atoms with E-state index in [1.165, 1.54) is 56.9 Å². The van der Waals surface area contributed by atoms with Gasteiger partial charge in [-0.25, -0.2) is 0 Å². The second-order valence-corrected chi connectivity index (χ2v) is 12.3. The van der Waals surface area contributed by atoms with Crippen molar-refractivity contribution in [3.8, 4) is 0 Å². The fourth-order valence-electron chi connectivity index (χ4n) is 8.60. The minimum Gasteiger partial charge on any atom is -0.393 e. The second kappa shape index (κ2) is 8.38. The molecule has 170 valence electrons. The third-order valence-corrected chi connectivity index (χ3v) is 10.7. The van der Waals surface area contributed by atoms with Crippen LogP contribution in [-0.2, 0) is 4.79 Å². The first-order valence-electron chi connectivity index (χ1n) is 13.1. The third-order valence-electron chi connectivity index (χ3n) is 10.7. The number of ketones is 1. The van der Waals surface area contributed by atoms with Crippen LogP contribution in [-0.4, -0.2) is 17.0 Å². The number of hydrogen-bond acceptors (Lipinski definition) is 2. The standard InChI is InChI=1S/C28H46O2/c1-6-19(18(2)3)8-7-9-20-10-11-23-26-24(13-15-27(20,23)4)28(5)14-12-22(29)16-21(28)17-25(26)30/h17-20,22-24,26,29H,6-16H2,1-5H3/t19?,20?,22?,23-,24?,26?,27?,28?/m0/s1. The van der Waals surface area contributed by atoms with Crippen LogP contribution in [0.3, 0.4) is 0 Å². The fraction of sp³-hybridized carbons (Fsp3) is 0.893. The molecule has 0 amide bonds. The van der Waals surface area contributed by atoms with Crippen LogP contribution in [0.5, 0.6) is 0 Å². The average Bonchev–Trinajstić information content (AvgIpc) is 3.03. The van der Waals surface area contributed by atoms with Gasteiger partial charge in [0.05, 0.1) is 6.10 Å². The molecule has 0 heterocycles. The van der Waals surface area contributed by atoms with Crippen LogP contribution in [0.1, 0.15) is 105 Å². The molecule has 8 atom stereocenters. The first-order valence-corrected chi connectivity index (χ1v) is 13.1. The van der Waals surface area contributed by atoms with Crippen LogP contribution in [0.25, 0.3) is 0 Å². The third kappa shape index (κ3) is 3.63. The lowest BCUT2D eigenvalue weighted by Crippen LogP contribution is -2.53. The van der Waals surface area contributed by atoms with Gasteiger partial charge in [0.1, 0.15) is 0 Å². The molecule has 0 saturated heterocycles. The molecule has 3 fully saturated rings. The first kappa shape index (κ1) is 22.6. The quantitative estimate of drug-likeness (QED) is 0.510. The second-order valence-electron chi connectivity index (χ2n) is 12.3. The zero-order chi connectivity index (χ0) is 21.7. The normalized spacial score (nSPS) is 44.3. The van der Waals surface area contributed by atoms with E-state index >= 15 is 0 Å². The molecule has 0 aromatic rings. The van der Waals surface area contributed by atoms with Crippen LogP contribution >= 0.6 is 0 Å². The van der Waals surface area contributed by atoms with E-state index in [-0.39, 0.29) is 17.4 Å². The van der Waals surface area contributed by atoms with Crippen LogP contribution in [0.2, 0.25) is 0 Å². The molecule has 2 nitrogen and oxygen atoms in total. The monoisotopic (exact) mass is 414 g/mol. The summed E-state index contributed by atoms with van der Waals surface area (Å²) in [5.41, 5.74) is 1.79. The molecule has 0 aliphatic heterocycles. The van der Waals surface area contributed by atoms with Crippen LogP contribution in [0.15, 0.2) is 11.6 Å². The Labute approximate surface area is 185 Å². The van der Waals surface area contributed by atoms with Gasteiger partial charge in [-0.3, -0.25) is 4.79 Å². The van der Waals surface area contributed by atoms with Crippen molar-refractivity contribution in [3.63, 3.8) is 0 Å². The largest absolute Gasteiger partial charge is 0.393 e. The zero-order valence-electron chi connectivity index (χ0n) is 20.3. The van der Waals surface area contributed by atoms with Crippen molar-refractivity contribution in [1.29, 1.82) is 0 Å². The molecule has 0 radical (unpaired) electrons. The van der Waals surface area contributed by atoms with Gasteiger partial charge in [-0.15, -0.1) is 0 Å². The van der Waals surface area contributed by atoms with Gasteiger partial charge in [0.15, 0.2) is 5.78 Å². The number of aliphatic hydroxyl groups is 1. The van der Waals surface area contributed by atoms with Crippen molar-refractivity contribution in [1.82, 2.24) is 0 Å². The van der Waals surface area contributed by atoms with E-state index in [1.54, 1.807) is 0 Å². The van der Waals surface area contributed by atoms with E-state index in [0.717, 1.165) is 37.0 Å². The number of hydrogen-bond donors (Lipinski definition) is 1. The highest BCUT2D eigenvalue weighted by atomic mass is 16.3. The van der Waals surface area contributed by atoms with E-state index in [4.69, 9.17) is 0 Å². The van der Waals surface area contributed by atoms with Crippen LogP contribution in [0.4, 0.5) is 0 Å². The maximum Gasteiger partial charge on any atom is 0.159 e. The Morgan fingerprint density at radius 2 is 1.87 bits per heavy atom. The minimum atomic E-state index is -0.240. The van der Waals surface area contributed by atoms with Crippen molar-refractivity contribution >= 4 is 5.78 Å². The maximum atomic E-state index is 13.4. The van der Waals surface area contributed by atoms with E-state index in [2.05, 4.69) is 34.6 Å². The van der Waals surface area contributed by atoms with Gasteiger partial charge in [0.25, 0.3) is 0 Å². The van der Waals surface area contributed by atoms with Crippen LogP contribution < -0.4 is 0 Å². The lowest BCUT2D eigenvalue weighted by molar-refractivity contribution is -0.134. The molecular formula is C28H46O2. The number of rotatable bonds is 6. The van der Waals surface area contributed by atoms with Gasteiger partial charge >= 0.3 is 0 Å². The number of allylic oxidation sites excluding steroid dienone is 1. The molecule has 0 bridgehead atoms. The summed E-state index contributed by atoms with van der Waals surface area (Å²) in [6.45, 7) is 12.1. The molecule has 2 heteroatoms. The average molecular weight is 415 g/mol. The summed E-state index contributed by atoms with van der Waals surface area (Å²) in [7, 11) is 0. The van der Waals surface area contributed by atoms with Crippen molar-refractivity contribution in [2.75, 3.05) is 0 Å². The Balaban J connectivity index is 1.48. The van der Waals surface area contributed by atoms with Crippen molar-refractivity contribution in [2.45, 2.75) is 111 Å². The van der Waals surface area contributed by atoms with Gasteiger partial charge < -0.3 is 5.11 Å². The van der Waals surface area contributed by atoms with Gasteiger partial charge in [-0.2, -0.15) is 0 Å². The lowest BCUT2D eigenvalue weighted by atomic mass is 9.47. The molecule has 30 heavy (non-hydrogen) atoms. The number of carbonyl (C=O) groups is 1. The molecule has 0 spiro atoms. The molecular weight excluding hydrogens is 368 g/mol. The summed E-state index contributed by atoms with van der Waals surface area (Å²) in [6, 6.07) is 0. The molecule has 0 aromatic carbocycles. The van der Waals surface area contributed by atoms with E-state index < -0.39 is 0 Å². The van der Waals surface area contributed by atoms with E-state index in [0.29, 0.717) is 23.0 Å². The van der Waals surface area contributed by atoms with Gasteiger partial charge in [-0.05, 0) is 97.9 Å². The van der Waals surface area contributed by atoms with Gasteiger partial charge in [-0.1, -0.05) is 59.5 Å². The van der Waals surface area contributed by atoms with Crippen molar-refractivity contribution in [3.05, 3.63) is 11.6 Å². The van der Waals surface area contributed by atoms with Crippen molar-refractivity contribution in [2.24, 2.45) is 46.3 Å². The number of fused-ring (bicyclic) bond motifs is 5. The summed E-state index contributed by atoms with van der Waals surface area (Å²) < 4.78 is 0. The predicted octanol–water partition coefficient (Wildman–Crippen LogP) is 6.96.